The molecule has 1 aliphatic rings. The summed E-state index contributed by atoms with van der Waals surface area (Å²) in [4.78, 5) is 16.5. The van der Waals surface area contributed by atoms with Crippen LogP contribution in [0.2, 0.25) is 10.0 Å². The molecule has 1 N–H and O–H groups in total. The van der Waals surface area contributed by atoms with Gasteiger partial charge in [-0.3, -0.25) is 4.79 Å². The van der Waals surface area contributed by atoms with Crippen molar-refractivity contribution in [2.24, 2.45) is 5.92 Å². The van der Waals surface area contributed by atoms with Gasteiger partial charge >= 0.3 is 0 Å². The van der Waals surface area contributed by atoms with Gasteiger partial charge in [0.1, 0.15) is 6.54 Å². The molecule has 1 amide bonds. The van der Waals surface area contributed by atoms with Crippen LogP contribution in [0.15, 0.2) is 48.5 Å². The van der Waals surface area contributed by atoms with Crippen molar-refractivity contribution >= 4 is 29.1 Å². The minimum absolute atomic E-state index is 0.145. The first-order valence-corrected chi connectivity index (χ1v) is 10.4. The van der Waals surface area contributed by atoms with Crippen molar-refractivity contribution in [2.75, 3.05) is 19.6 Å². The fourth-order valence-electron chi connectivity index (χ4n) is 3.80. The summed E-state index contributed by atoms with van der Waals surface area (Å²) in [7, 11) is 0. The monoisotopic (exact) mass is 405 g/mol. The summed E-state index contributed by atoms with van der Waals surface area (Å²) < 4.78 is 0. The van der Waals surface area contributed by atoms with E-state index in [4.69, 9.17) is 23.2 Å². The predicted molar refractivity (Wildman–Crippen MR) is 111 cm³/mol. The minimum atomic E-state index is 0.145. The number of carbonyl (C=O) groups is 1. The van der Waals surface area contributed by atoms with Crippen LogP contribution in [-0.2, 0) is 17.9 Å². The number of quaternary nitrogens is 1. The Morgan fingerprint density at radius 3 is 2.37 bits per heavy atom. The lowest BCUT2D eigenvalue weighted by Crippen LogP contribution is -3.11. The Balaban J connectivity index is 1.52. The fraction of sp³-hybridized carbons (Fsp3) is 0.409. The quantitative estimate of drug-likeness (QED) is 0.775. The standard InChI is InChI=1S/C22H26Cl2N2O/c1-2-26(16-17-6-4-3-5-7-17)22(27)19-10-12-25(13-11-19)15-18-8-9-20(23)21(24)14-18/h3-9,14,19H,2,10-13,15-16H2,1H3/p+1. The van der Waals surface area contributed by atoms with Crippen LogP contribution in [0.1, 0.15) is 30.9 Å². The van der Waals surface area contributed by atoms with E-state index in [-0.39, 0.29) is 5.92 Å². The number of nitrogens with zero attached hydrogens (tertiary/aromatic N) is 1. The number of halogens is 2. The maximum Gasteiger partial charge on any atom is 0.226 e. The summed E-state index contributed by atoms with van der Waals surface area (Å²) in [6, 6.07) is 16.1. The van der Waals surface area contributed by atoms with E-state index >= 15 is 0 Å². The van der Waals surface area contributed by atoms with Gasteiger partial charge in [0.05, 0.1) is 23.1 Å². The number of piperidine rings is 1. The lowest BCUT2D eigenvalue weighted by atomic mass is 9.94. The summed E-state index contributed by atoms with van der Waals surface area (Å²) in [5.41, 5.74) is 2.39. The third-order valence-corrected chi connectivity index (χ3v) is 6.13. The van der Waals surface area contributed by atoms with E-state index in [0.29, 0.717) is 22.5 Å². The summed E-state index contributed by atoms with van der Waals surface area (Å²) in [5, 5.41) is 1.20. The van der Waals surface area contributed by atoms with Gasteiger partial charge in [0.15, 0.2) is 0 Å². The van der Waals surface area contributed by atoms with Gasteiger partial charge < -0.3 is 9.80 Å². The summed E-state index contributed by atoms with van der Waals surface area (Å²) >= 11 is 12.1. The normalized spacial score (nSPS) is 19.7. The topological polar surface area (TPSA) is 24.8 Å². The molecule has 0 spiro atoms. The number of likely N-dealkylation sites (tertiary alicyclic amines) is 1. The Labute approximate surface area is 171 Å². The van der Waals surface area contributed by atoms with Crippen molar-refractivity contribution < 1.29 is 9.69 Å². The molecule has 144 valence electrons. The van der Waals surface area contributed by atoms with Gasteiger partial charge in [-0.05, 0) is 24.6 Å². The fourth-order valence-corrected chi connectivity index (χ4v) is 4.12. The number of carbonyl (C=O) groups excluding carboxylic acids is 1. The molecule has 27 heavy (non-hydrogen) atoms. The number of hydrogen-bond donors (Lipinski definition) is 1. The molecule has 1 heterocycles. The second-order valence-corrected chi connectivity index (χ2v) is 8.10. The molecule has 0 radical (unpaired) electrons. The van der Waals surface area contributed by atoms with Crippen molar-refractivity contribution in [2.45, 2.75) is 32.9 Å². The second-order valence-electron chi connectivity index (χ2n) is 7.29. The summed E-state index contributed by atoms with van der Waals surface area (Å²) in [6.45, 7) is 6.47. The smallest absolute Gasteiger partial charge is 0.226 e. The molecule has 0 aliphatic carbocycles. The first-order valence-electron chi connectivity index (χ1n) is 9.67. The highest BCUT2D eigenvalue weighted by Gasteiger charge is 2.30. The van der Waals surface area contributed by atoms with Crippen LogP contribution in [0, 0.1) is 5.92 Å². The van der Waals surface area contributed by atoms with E-state index in [9.17, 15) is 4.79 Å². The third kappa shape index (κ3) is 5.47. The Bertz CT molecular complexity index is 758. The molecular weight excluding hydrogens is 379 g/mol. The highest BCUT2D eigenvalue weighted by molar-refractivity contribution is 6.42. The Hall–Kier alpha value is -1.55. The van der Waals surface area contributed by atoms with Crippen LogP contribution in [-0.4, -0.2) is 30.4 Å². The van der Waals surface area contributed by atoms with Gasteiger partial charge in [0.2, 0.25) is 5.91 Å². The zero-order valence-corrected chi connectivity index (χ0v) is 17.3. The average molecular weight is 406 g/mol. The average Bonchev–Trinajstić information content (AvgIpc) is 2.70. The van der Waals surface area contributed by atoms with Crippen LogP contribution >= 0.6 is 23.2 Å². The van der Waals surface area contributed by atoms with Crippen LogP contribution in [0.5, 0.6) is 0 Å². The highest BCUT2D eigenvalue weighted by Crippen LogP contribution is 2.22. The zero-order chi connectivity index (χ0) is 19.2. The lowest BCUT2D eigenvalue weighted by Gasteiger charge is -2.32. The van der Waals surface area contributed by atoms with Crippen LogP contribution in [0.3, 0.4) is 0 Å². The largest absolute Gasteiger partial charge is 0.338 e. The van der Waals surface area contributed by atoms with Gasteiger partial charge in [-0.1, -0.05) is 59.6 Å². The molecule has 3 rings (SSSR count). The molecule has 1 saturated heterocycles. The molecule has 0 unspecified atom stereocenters. The molecule has 3 nitrogen and oxygen atoms in total. The Morgan fingerprint density at radius 1 is 1.04 bits per heavy atom. The van der Waals surface area contributed by atoms with Crippen LogP contribution in [0.25, 0.3) is 0 Å². The maximum absolute atomic E-state index is 13.0. The van der Waals surface area contributed by atoms with E-state index in [1.807, 2.05) is 41.3 Å². The SMILES string of the molecule is CCN(Cc1ccccc1)C(=O)C1CC[NH+](Cc2ccc(Cl)c(Cl)c2)CC1. The first kappa shape index (κ1) is 20.2. The molecule has 0 saturated carbocycles. The van der Waals surface area contributed by atoms with Gasteiger partial charge in [-0.25, -0.2) is 0 Å². The second kappa shape index (κ2) is 9.59. The Kier molecular flexibility index (Phi) is 7.17. The first-order chi connectivity index (χ1) is 13.1. The zero-order valence-electron chi connectivity index (χ0n) is 15.8. The van der Waals surface area contributed by atoms with Crippen molar-refractivity contribution in [3.8, 4) is 0 Å². The van der Waals surface area contributed by atoms with E-state index in [1.54, 1.807) is 0 Å². The van der Waals surface area contributed by atoms with Crippen LogP contribution < -0.4 is 4.90 Å². The Morgan fingerprint density at radius 2 is 1.74 bits per heavy atom. The van der Waals surface area contributed by atoms with Gasteiger partial charge in [-0.15, -0.1) is 0 Å². The molecule has 1 aliphatic heterocycles. The number of benzene rings is 2. The van der Waals surface area contributed by atoms with Crippen molar-refractivity contribution in [3.05, 3.63) is 69.7 Å². The van der Waals surface area contributed by atoms with Gasteiger partial charge in [0, 0.05) is 37.4 Å². The minimum Gasteiger partial charge on any atom is -0.338 e. The summed E-state index contributed by atoms with van der Waals surface area (Å²) in [5.74, 6) is 0.446. The third-order valence-electron chi connectivity index (χ3n) is 5.39. The van der Waals surface area contributed by atoms with Crippen molar-refractivity contribution in [1.82, 2.24) is 4.90 Å². The van der Waals surface area contributed by atoms with Crippen LogP contribution in [0.4, 0.5) is 0 Å². The van der Waals surface area contributed by atoms with E-state index in [0.717, 1.165) is 39.0 Å². The molecule has 2 aromatic rings. The number of rotatable bonds is 6. The van der Waals surface area contributed by atoms with Gasteiger partial charge in [-0.2, -0.15) is 0 Å². The van der Waals surface area contributed by atoms with Gasteiger partial charge in [0.25, 0.3) is 0 Å². The number of amides is 1. The maximum atomic E-state index is 13.0. The summed E-state index contributed by atoms with van der Waals surface area (Å²) in [6.07, 6.45) is 1.89. The molecule has 0 atom stereocenters. The van der Waals surface area contributed by atoms with E-state index < -0.39 is 0 Å². The number of nitrogens with one attached hydrogen (secondary N) is 1. The van der Waals surface area contributed by atoms with Crippen molar-refractivity contribution in [1.29, 1.82) is 0 Å². The molecule has 1 fully saturated rings. The van der Waals surface area contributed by atoms with Crippen molar-refractivity contribution in [3.63, 3.8) is 0 Å². The molecular formula is C22H27Cl2N2O+. The molecule has 2 aromatic carbocycles. The van der Waals surface area contributed by atoms with E-state index in [1.165, 1.54) is 16.0 Å². The van der Waals surface area contributed by atoms with E-state index in [2.05, 4.69) is 19.1 Å². The number of hydrogen-bond acceptors (Lipinski definition) is 1. The molecule has 0 aromatic heterocycles. The predicted octanol–water partition coefficient (Wildman–Crippen LogP) is 3.84. The molecule has 5 heteroatoms. The lowest BCUT2D eigenvalue weighted by molar-refractivity contribution is -0.919. The highest BCUT2D eigenvalue weighted by atomic mass is 35.5. The molecule has 0 bridgehead atoms.